The van der Waals surface area contributed by atoms with Gasteiger partial charge in [0, 0.05) is 30.6 Å². The monoisotopic (exact) mass is 383 g/mol. The van der Waals surface area contributed by atoms with E-state index < -0.39 is 11.9 Å². The minimum atomic E-state index is -0.501. The summed E-state index contributed by atoms with van der Waals surface area (Å²) in [4.78, 5) is 40.4. The molecular formula is C20H21N3O5. The van der Waals surface area contributed by atoms with E-state index in [1.165, 1.54) is 25.4 Å². The van der Waals surface area contributed by atoms with E-state index in [2.05, 4.69) is 20.4 Å². The maximum atomic E-state index is 12.5. The number of nitrogens with zero attached hydrogens (tertiary/aromatic N) is 1. The molecule has 2 amide bonds. The Hall–Kier alpha value is -3.26. The molecule has 2 N–H and O–H groups in total. The Kier molecular flexibility index (Phi) is 6.33. The van der Waals surface area contributed by atoms with Crippen molar-refractivity contribution in [3.63, 3.8) is 0 Å². The van der Waals surface area contributed by atoms with Crippen LogP contribution < -0.4 is 10.6 Å². The number of benzene rings is 1. The normalized spacial score (nSPS) is 15.7. The van der Waals surface area contributed by atoms with Crippen molar-refractivity contribution in [2.75, 3.05) is 25.6 Å². The molecule has 2 aromatic rings. The van der Waals surface area contributed by atoms with E-state index in [1.807, 2.05) is 0 Å². The Morgan fingerprint density at radius 1 is 1.18 bits per heavy atom. The van der Waals surface area contributed by atoms with Crippen LogP contribution in [0.15, 0.2) is 42.6 Å². The lowest BCUT2D eigenvalue weighted by Crippen LogP contribution is -2.32. The predicted octanol–water partition coefficient (Wildman–Crippen LogP) is 2.03. The smallest absolute Gasteiger partial charge is 0.337 e. The van der Waals surface area contributed by atoms with Crippen LogP contribution in [-0.2, 0) is 9.47 Å². The van der Waals surface area contributed by atoms with Crippen molar-refractivity contribution in [2.24, 2.45) is 0 Å². The van der Waals surface area contributed by atoms with Gasteiger partial charge in [-0.05, 0) is 43.2 Å². The van der Waals surface area contributed by atoms with E-state index in [0.29, 0.717) is 23.4 Å². The van der Waals surface area contributed by atoms with Gasteiger partial charge in [0.2, 0.25) is 0 Å². The summed E-state index contributed by atoms with van der Waals surface area (Å²) in [5.41, 5.74) is 1.16. The number of rotatable bonds is 6. The number of anilines is 1. The molecule has 8 nitrogen and oxygen atoms in total. The van der Waals surface area contributed by atoms with E-state index in [-0.39, 0.29) is 17.7 Å². The zero-order valence-corrected chi connectivity index (χ0v) is 15.4. The number of amides is 2. The molecule has 28 heavy (non-hydrogen) atoms. The molecule has 1 unspecified atom stereocenters. The third-order valence-corrected chi connectivity index (χ3v) is 4.31. The van der Waals surface area contributed by atoms with Crippen molar-refractivity contribution in [1.82, 2.24) is 10.3 Å². The highest BCUT2D eigenvalue weighted by molar-refractivity contribution is 6.05. The van der Waals surface area contributed by atoms with E-state index in [9.17, 15) is 14.4 Å². The van der Waals surface area contributed by atoms with Gasteiger partial charge >= 0.3 is 5.97 Å². The van der Waals surface area contributed by atoms with Crippen molar-refractivity contribution in [2.45, 2.75) is 18.9 Å². The van der Waals surface area contributed by atoms with Crippen molar-refractivity contribution >= 4 is 23.5 Å². The van der Waals surface area contributed by atoms with Crippen LogP contribution in [0.5, 0.6) is 0 Å². The average molecular weight is 383 g/mol. The van der Waals surface area contributed by atoms with E-state index in [4.69, 9.17) is 4.74 Å². The molecule has 2 heterocycles. The second kappa shape index (κ2) is 9.09. The standard InChI is InChI=1S/C20H21N3O5/c1-27-20(26)14-4-2-5-15(10-14)23-19(25)17-11-13(7-8-21-17)18(24)22-12-16-6-3-9-28-16/h2,4-5,7-8,10-11,16H,3,6,9,12H2,1H3,(H,22,24)(H,23,25). The highest BCUT2D eigenvalue weighted by Crippen LogP contribution is 2.14. The van der Waals surface area contributed by atoms with Gasteiger partial charge in [-0.25, -0.2) is 4.79 Å². The van der Waals surface area contributed by atoms with Crippen LogP contribution in [0.1, 0.15) is 44.0 Å². The number of carbonyl (C=O) groups is 3. The topological polar surface area (TPSA) is 107 Å². The molecule has 8 heteroatoms. The zero-order chi connectivity index (χ0) is 19.9. The second-order valence-electron chi connectivity index (χ2n) is 6.30. The fourth-order valence-corrected chi connectivity index (χ4v) is 2.85. The highest BCUT2D eigenvalue weighted by Gasteiger charge is 2.18. The molecule has 3 rings (SSSR count). The van der Waals surface area contributed by atoms with Crippen molar-refractivity contribution < 1.29 is 23.9 Å². The number of methoxy groups -OCH3 is 1. The van der Waals surface area contributed by atoms with Gasteiger partial charge in [0.1, 0.15) is 5.69 Å². The Bertz CT molecular complexity index is 878. The minimum Gasteiger partial charge on any atom is -0.465 e. The molecule has 1 atom stereocenters. The molecule has 1 aromatic carbocycles. The number of aromatic nitrogens is 1. The molecule has 0 spiro atoms. The lowest BCUT2D eigenvalue weighted by molar-refractivity contribution is 0.0600. The largest absolute Gasteiger partial charge is 0.465 e. The summed E-state index contributed by atoms with van der Waals surface area (Å²) >= 11 is 0. The average Bonchev–Trinajstić information content (AvgIpc) is 3.25. The summed E-state index contributed by atoms with van der Waals surface area (Å²) in [5.74, 6) is -1.28. The van der Waals surface area contributed by atoms with Crippen LogP contribution >= 0.6 is 0 Å². The summed E-state index contributed by atoms with van der Waals surface area (Å²) in [5, 5.41) is 5.47. The SMILES string of the molecule is COC(=O)c1cccc(NC(=O)c2cc(C(=O)NCC3CCCO3)ccn2)c1. The number of hydrogen-bond acceptors (Lipinski definition) is 6. The van der Waals surface area contributed by atoms with Crippen LogP contribution in [0.25, 0.3) is 0 Å². The first-order valence-corrected chi connectivity index (χ1v) is 8.92. The van der Waals surface area contributed by atoms with Gasteiger partial charge in [-0.2, -0.15) is 0 Å². The summed E-state index contributed by atoms with van der Waals surface area (Å²) in [7, 11) is 1.28. The summed E-state index contributed by atoms with van der Waals surface area (Å²) in [6, 6.07) is 9.32. The number of nitrogens with one attached hydrogen (secondary N) is 2. The van der Waals surface area contributed by atoms with Gasteiger partial charge in [-0.15, -0.1) is 0 Å². The Labute approximate surface area is 162 Å². The third-order valence-electron chi connectivity index (χ3n) is 4.31. The number of pyridine rings is 1. The Morgan fingerprint density at radius 3 is 2.79 bits per heavy atom. The zero-order valence-electron chi connectivity index (χ0n) is 15.4. The molecule has 1 saturated heterocycles. The van der Waals surface area contributed by atoms with E-state index in [0.717, 1.165) is 19.4 Å². The van der Waals surface area contributed by atoms with Gasteiger partial charge in [0.25, 0.3) is 11.8 Å². The van der Waals surface area contributed by atoms with Crippen LogP contribution in [-0.4, -0.2) is 49.1 Å². The fraction of sp³-hybridized carbons (Fsp3) is 0.300. The van der Waals surface area contributed by atoms with Crippen molar-refractivity contribution in [1.29, 1.82) is 0 Å². The summed E-state index contributed by atoms with van der Waals surface area (Å²) < 4.78 is 10.1. The molecule has 1 aliphatic rings. The van der Waals surface area contributed by atoms with Crippen LogP contribution in [0.3, 0.4) is 0 Å². The molecule has 1 aliphatic heterocycles. The maximum absolute atomic E-state index is 12.5. The minimum absolute atomic E-state index is 0.0376. The van der Waals surface area contributed by atoms with Crippen LogP contribution in [0.2, 0.25) is 0 Å². The summed E-state index contributed by atoms with van der Waals surface area (Å²) in [6.07, 6.45) is 3.36. The molecule has 1 aromatic heterocycles. The van der Waals surface area contributed by atoms with Crippen LogP contribution in [0, 0.1) is 0 Å². The van der Waals surface area contributed by atoms with Gasteiger partial charge in [-0.1, -0.05) is 6.07 Å². The second-order valence-corrected chi connectivity index (χ2v) is 6.30. The predicted molar refractivity (Wildman–Crippen MR) is 101 cm³/mol. The van der Waals surface area contributed by atoms with Gasteiger partial charge in [-0.3, -0.25) is 14.6 Å². The number of hydrogen-bond donors (Lipinski definition) is 2. The molecule has 0 bridgehead atoms. The number of esters is 1. The first-order valence-electron chi connectivity index (χ1n) is 8.92. The molecule has 0 aliphatic carbocycles. The van der Waals surface area contributed by atoms with E-state index >= 15 is 0 Å². The number of carbonyl (C=O) groups excluding carboxylic acids is 3. The number of ether oxygens (including phenoxy) is 2. The Morgan fingerprint density at radius 2 is 2.04 bits per heavy atom. The Balaban J connectivity index is 1.65. The fourth-order valence-electron chi connectivity index (χ4n) is 2.85. The molecule has 0 saturated carbocycles. The summed E-state index contributed by atoms with van der Waals surface area (Å²) in [6.45, 7) is 1.15. The van der Waals surface area contributed by atoms with E-state index in [1.54, 1.807) is 24.3 Å². The molecule has 0 radical (unpaired) electrons. The van der Waals surface area contributed by atoms with Crippen molar-refractivity contribution in [3.8, 4) is 0 Å². The lowest BCUT2D eigenvalue weighted by atomic mass is 10.1. The van der Waals surface area contributed by atoms with Gasteiger partial charge < -0.3 is 20.1 Å². The molecule has 1 fully saturated rings. The first kappa shape index (κ1) is 19.5. The molecule has 146 valence electrons. The third kappa shape index (κ3) is 4.92. The van der Waals surface area contributed by atoms with Gasteiger partial charge in [0.05, 0.1) is 18.8 Å². The van der Waals surface area contributed by atoms with Crippen molar-refractivity contribution in [3.05, 3.63) is 59.4 Å². The quantitative estimate of drug-likeness (QED) is 0.739. The first-order chi connectivity index (χ1) is 13.6. The molecular weight excluding hydrogens is 362 g/mol. The lowest BCUT2D eigenvalue weighted by Gasteiger charge is -2.11. The maximum Gasteiger partial charge on any atom is 0.337 e. The van der Waals surface area contributed by atoms with Gasteiger partial charge in [0.15, 0.2) is 0 Å². The van der Waals surface area contributed by atoms with Crippen LogP contribution in [0.4, 0.5) is 5.69 Å². The highest BCUT2D eigenvalue weighted by atomic mass is 16.5.